The van der Waals surface area contributed by atoms with Gasteiger partial charge >= 0.3 is 12.0 Å². The molecule has 1 aliphatic heterocycles. The van der Waals surface area contributed by atoms with Gasteiger partial charge in [0.15, 0.2) is 0 Å². The van der Waals surface area contributed by atoms with Gasteiger partial charge in [-0.05, 0) is 30.0 Å². The van der Waals surface area contributed by atoms with Crippen LogP contribution in [0.5, 0.6) is 0 Å². The number of anilines is 2. The Bertz CT molecular complexity index is 1170. The topological polar surface area (TPSA) is 171 Å². The Morgan fingerprint density at radius 1 is 1.00 bits per heavy atom. The van der Waals surface area contributed by atoms with Gasteiger partial charge in [-0.15, -0.1) is 0 Å². The number of hydrogen-bond donors (Lipinski definition) is 5. The molecule has 6 N–H and O–H groups in total. The second kappa shape index (κ2) is 12.0. The molecule has 37 heavy (non-hydrogen) atoms. The molecule has 3 rings (SSSR count). The van der Waals surface area contributed by atoms with Crippen LogP contribution in [0.15, 0.2) is 54.6 Å². The molecule has 11 nitrogen and oxygen atoms in total. The van der Waals surface area contributed by atoms with Gasteiger partial charge in [0.1, 0.15) is 18.1 Å². The summed E-state index contributed by atoms with van der Waals surface area (Å²) in [6, 6.07) is 11.7. The number of aliphatic carboxylic acids is 1. The largest absolute Gasteiger partial charge is 0.480 e. The van der Waals surface area contributed by atoms with E-state index < -0.39 is 41.9 Å². The molecule has 3 atom stereocenters. The molecule has 5 amide bonds. The number of nitrogens with two attached hydrogens (primary N) is 1. The van der Waals surface area contributed by atoms with Gasteiger partial charge in [-0.1, -0.05) is 56.3 Å². The van der Waals surface area contributed by atoms with Crippen LogP contribution in [-0.2, 0) is 25.6 Å². The number of carboxylic acid groups (broad SMARTS) is 1. The van der Waals surface area contributed by atoms with Crippen molar-refractivity contribution in [2.45, 2.75) is 51.2 Å². The number of hydrogen-bond acceptors (Lipinski definition) is 5. The maximum absolute atomic E-state index is 13.6. The highest BCUT2D eigenvalue weighted by Gasteiger charge is 2.40. The molecule has 2 aromatic rings. The smallest absolute Gasteiger partial charge is 0.326 e. The predicted molar refractivity (Wildman–Crippen MR) is 137 cm³/mol. The summed E-state index contributed by atoms with van der Waals surface area (Å²) in [5.74, 6) is -3.38. The number of fused-ring (bicyclic) bond motifs is 1. The van der Waals surface area contributed by atoms with Crippen molar-refractivity contribution in [3.63, 3.8) is 0 Å². The van der Waals surface area contributed by atoms with Gasteiger partial charge in [-0.2, -0.15) is 0 Å². The average molecular weight is 510 g/mol. The number of carboxylic acids is 1. The van der Waals surface area contributed by atoms with Crippen molar-refractivity contribution in [3.8, 4) is 0 Å². The lowest BCUT2D eigenvalue weighted by molar-refractivity contribution is -0.142. The van der Waals surface area contributed by atoms with E-state index in [-0.39, 0.29) is 31.1 Å². The first kappa shape index (κ1) is 27.2. The van der Waals surface area contributed by atoms with Gasteiger partial charge in [0, 0.05) is 12.8 Å². The molecular formula is C26H31N5O6. The second-order valence-electron chi connectivity index (χ2n) is 9.16. The standard InChI is InChI=1S/C26H31N5O6/c1-15(2)22-24(34)28-17-10-6-7-11-20(17)31(22)26(37)30-19(14-16-8-4-3-5-9-16)23(33)29-18(25(35)36)12-13-21(27)32/h3-11,15,18-19,22H,12-14H2,1-2H3,(H2,27,32)(H,28,34)(H,29,33)(H,30,37)(H,35,36)/t18-,19+,22-/m1/s1. The van der Waals surface area contributed by atoms with Gasteiger partial charge in [-0.25, -0.2) is 9.59 Å². The predicted octanol–water partition coefficient (Wildman–Crippen LogP) is 1.63. The minimum Gasteiger partial charge on any atom is -0.480 e. The number of amides is 5. The Labute approximate surface area is 214 Å². The van der Waals surface area contributed by atoms with E-state index >= 15 is 0 Å². The molecule has 0 bridgehead atoms. The van der Waals surface area contributed by atoms with Crippen molar-refractivity contribution >= 4 is 41.1 Å². The van der Waals surface area contributed by atoms with Crippen molar-refractivity contribution < 1.29 is 29.1 Å². The third kappa shape index (κ3) is 6.84. The number of urea groups is 1. The highest BCUT2D eigenvalue weighted by molar-refractivity contribution is 6.12. The zero-order valence-corrected chi connectivity index (χ0v) is 20.6. The summed E-state index contributed by atoms with van der Waals surface area (Å²) in [5.41, 5.74) is 6.79. The van der Waals surface area contributed by atoms with E-state index in [0.717, 1.165) is 5.56 Å². The summed E-state index contributed by atoms with van der Waals surface area (Å²) in [7, 11) is 0. The van der Waals surface area contributed by atoms with Crippen molar-refractivity contribution in [2.24, 2.45) is 11.7 Å². The average Bonchev–Trinajstić information content (AvgIpc) is 2.85. The molecule has 11 heteroatoms. The number of para-hydroxylation sites is 2. The number of nitrogens with one attached hydrogen (secondary N) is 3. The summed E-state index contributed by atoms with van der Waals surface area (Å²) in [6.45, 7) is 3.62. The summed E-state index contributed by atoms with van der Waals surface area (Å²) in [6.07, 6.45) is -0.366. The zero-order chi connectivity index (χ0) is 27.1. The highest BCUT2D eigenvalue weighted by atomic mass is 16.4. The normalized spacial score (nSPS) is 16.2. The van der Waals surface area contributed by atoms with E-state index in [0.29, 0.717) is 11.4 Å². The van der Waals surface area contributed by atoms with Crippen LogP contribution in [0.2, 0.25) is 0 Å². The van der Waals surface area contributed by atoms with Crippen LogP contribution >= 0.6 is 0 Å². The van der Waals surface area contributed by atoms with Crippen molar-refractivity contribution in [1.29, 1.82) is 0 Å². The maximum atomic E-state index is 13.6. The number of carbonyl (C=O) groups excluding carboxylic acids is 4. The summed E-state index contributed by atoms with van der Waals surface area (Å²) in [4.78, 5) is 63.9. The third-order valence-corrected chi connectivity index (χ3v) is 6.01. The number of benzene rings is 2. The molecule has 0 saturated heterocycles. The molecule has 0 spiro atoms. The Morgan fingerprint density at radius 3 is 2.27 bits per heavy atom. The fourth-order valence-electron chi connectivity index (χ4n) is 4.19. The Kier molecular flexibility index (Phi) is 8.83. The molecule has 0 aromatic heterocycles. The lowest BCUT2D eigenvalue weighted by atomic mass is 9.97. The molecule has 196 valence electrons. The summed E-state index contributed by atoms with van der Waals surface area (Å²) >= 11 is 0. The van der Waals surface area contributed by atoms with Crippen molar-refractivity contribution in [1.82, 2.24) is 10.6 Å². The van der Waals surface area contributed by atoms with E-state index in [1.54, 1.807) is 54.6 Å². The maximum Gasteiger partial charge on any atom is 0.326 e. The Hall–Kier alpha value is -4.41. The van der Waals surface area contributed by atoms with Crippen molar-refractivity contribution in [2.75, 3.05) is 10.2 Å². The first-order valence-electron chi connectivity index (χ1n) is 11.9. The highest BCUT2D eigenvalue weighted by Crippen LogP contribution is 2.34. The van der Waals surface area contributed by atoms with Crippen LogP contribution in [0.1, 0.15) is 32.3 Å². The minimum atomic E-state index is -1.37. The van der Waals surface area contributed by atoms with E-state index in [1.807, 2.05) is 13.8 Å². The van der Waals surface area contributed by atoms with Gasteiger partial charge in [0.25, 0.3) is 0 Å². The first-order valence-corrected chi connectivity index (χ1v) is 11.9. The van der Waals surface area contributed by atoms with E-state index in [1.165, 1.54) is 4.90 Å². The summed E-state index contributed by atoms with van der Waals surface area (Å²) < 4.78 is 0. The lowest BCUT2D eigenvalue weighted by Crippen LogP contribution is -2.60. The van der Waals surface area contributed by atoms with Gasteiger partial charge in [0.05, 0.1) is 11.4 Å². The second-order valence-corrected chi connectivity index (χ2v) is 9.16. The van der Waals surface area contributed by atoms with Crippen LogP contribution < -0.4 is 26.6 Å². The molecule has 0 saturated carbocycles. The minimum absolute atomic E-state index is 0.0641. The summed E-state index contributed by atoms with van der Waals surface area (Å²) in [5, 5.41) is 17.4. The monoisotopic (exact) mass is 509 g/mol. The number of primary amides is 1. The SMILES string of the molecule is CC(C)[C@@H]1C(=O)Nc2ccccc2N1C(=O)N[C@@H](Cc1ccccc1)C(=O)N[C@H](CCC(N)=O)C(=O)O. The molecule has 0 radical (unpaired) electrons. The van der Waals surface area contributed by atoms with E-state index in [4.69, 9.17) is 5.73 Å². The van der Waals surface area contributed by atoms with E-state index in [9.17, 15) is 29.1 Å². The fourth-order valence-corrected chi connectivity index (χ4v) is 4.19. The molecule has 0 fully saturated rings. The molecular weight excluding hydrogens is 478 g/mol. The fraction of sp³-hybridized carbons (Fsp3) is 0.346. The number of nitrogens with zero attached hydrogens (tertiary/aromatic N) is 1. The molecule has 1 aliphatic rings. The lowest BCUT2D eigenvalue weighted by Gasteiger charge is -2.39. The van der Waals surface area contributed by atoms with Crippen molar-refractivity contribution in [3.05, 3.63) is 60.2 Å². The van der Waals surface area contributed by atoms with Gasteiger partial charge < -0.3 is 26.8 Å². The van der Waals surface area contributed by atoms with E-state index in [2.05, 4.69) is 16.0 Å². The Morgan fingerprint density at radius 2 is 1.65 bits per heavy atom. The van der Waals surface area contributed by atoms with Gasteiger partial charge in [0.2, 0.25) is 17.7 Å². The van der Waals surface area contributed by atoms with Crippen LogP contribution in [-0.4, -0.2) is 53.0 Å². The first-order chi connectivity index (χ1) is 17.6. The third-order valence-electron chi connectivity index (χ3n) is 6.01. The van der Waals surface area contributed by atoms with Crippen LogP contribution in [0.4, 0.5) is 16.2 Å². The van der Waals surface area contributed by atoms with Crippen LogP contribution in [0.3, 0.4) is 0 Å². The van der Waals surface area contributed by atoms with Gasteiger partial charge in [-0.3, -0.25) is 19.3 Å². The quantitative estimate of drug-likeness (QED) is 0.326. The number of rotatable bonds is 10. The van der Waals surface area contributed by atoms with Crippen LogP contribution in [0, 0.1) is 5.92 Å². The number of carbonyl (C=O) groups is 5. The molecule has 0 aliphatic carbocycles. The molecule has 1 heterocycles. The Balaban J connectivity index is 1.90. The molecule has 0 unspecified atom stereocenters. The molecule has 2 aromatic carbocycles. The van der Waals surface area contributed by atoms with Crippen LogP contribution in [0.25, 0.3) is 0 Å². The zero-order valence-electron chi connectivity index (χ0n) is 20.6.